The SMILES string of the molecule is CCN(CC(=O)O)Cc1ccc(C2CC2)cc1. The quantitative estimate of drug-likeness (QED) is 0.820. The molecule has 1 aliphatic carbocycles. The molecular formula is C14H19NO2. The second-order valence-electron chi connectivity index (χ2n) is 4.71. The number of hydrogen-bond donors (Lipinski definition) is 1. The van der Waals surface area contributed by atoms with Crippen LogP contribution in [0.3, 0.4) is 0 Å². The van der Waals surface area contributed by atoms with Crippen molar-refractivity contribution in [1.29, 1.82) is 0 Å². The third-order valence-corrected chi connectivity index (χ3v) is 3.24. The van der Waals surface area contributed by atoms with Gasteiger partial charge in [0.1, 0.15) is 0 Å². The van der Waals surface area contributed by atoms with Gasteiger partial charge in [-0.15, -0.1) is 0 Å². The molecule has 1 N–H and O–H groups in total. The number of carbonyl (C=O) groups is 1. The van der Waals surface area contributed by atoms with Gasteiger partial charge < -0.3 is 5.11 Å². The lowest BCUT2D eigenvalue weighted by Crippen LogP contribution is -2.29. The van der Waals surface area contributed by atoms with Crippen LogP contribution >= 0.6 is 0 Å². The average molecular weight is 233 g/mol. The highest BCUT2D eigenvalue weighted by Crippen LogP contribution is 2.39. The van der Waals surface area contributed by atoms with E-state index in [2.05, 4.69) is 24.3 Å². The number of carboxylic acid groups (broad SMARTS) is 1. The summed E-state index contributed by atoms with van der Waals surface area (Å²) in [6.45, 7) is 3.58. The summed E-state index contributed by atoms with van der Waals surface area (Å²) in [7, 11) is 0. The molecule has 1 fully saturated rings. The number of rotatable bonds is 6. The monoisotopic (exact) mass is 233 g/mol. The van der Waals surface area contributed by atoms with Crippen LogP contribution in [0.4, 0.5) is 0 Å². The number of benzene rings is 1. The first kappa shape index (κ1) is 12.1. The minimum Gasteiger partial charge on any atom is -0.480 e. The van der Waals surface area contributed by atoms with Gasteiger partial charge in [-0.1, -0.05) is 31.2 Å². The number of carboxylic acids is 1. The van der Waals surface area contributed by atoms with Crippen molar-refractivity contribution in [2.24, 2.45) is 0 Å². The Morgan fingerprint density at radius 3 is 2.47 bits per heavy atom. The lowest BCUT2D eigenvalue weighted by atomic mass is 10.1. The fourth-order valence-corrected chi connectivity index (χ4v) is 2.04. The predicted molar refractivity (Wildman–Crippen MR) is 67.0 cm³/mol. The molecular weight excluding hydrogens is 214 g/mol. The minimum absolute atomic E-state index is 0.112. The minimum atomic E-state index is -0.763. The topological polar surface area (TPSA) is 40.5 Å². The fraction of sp³-hybridized carbons (Fsp3) is 0.500. The van der Waals surface area contributed by atoms with E-state index in [-0.39, 0.29) is 6.54 Å². The van der Waals surface area contributed by atoms with Gasteiger partial charge in [-0.25, -0.2) is 0 Å². The Hall–Kier alpha value is -1.35. The molecule has 0 aliphatic heterocycles. The smallest absolute Gasteiger partial charge is 0.317 e. The molecule has 0 radical (unpaired) electrons. The maximum absolute atomic E-state index is 10.7. The van der Waals surface area contributed by atoms with Gasteiger partial charge >= 0.3 is 5.97 Å². The van der Waals surface area contributed by atoms with E-state index in [4.69, 9.17) is 5.11 Å². The Morgan fingerprint density at radius 2 is 2.00 bits per heavy atom. The molecule has 0 bridgehead atoms. The van der Waals surface area contributed by atoms with Crippen molar-refractivity contribution >= 4 is 5.97 Å². The van der Waals surface area contributed by atoms with Crippen LogP contribution in [-0.4, -0.2) is 29.1 Å². The molecule has 3 heteroatoms. The second-order valence-corrected chi connectivity index (χ2v) is 4.71. The summed E-state index contributed by atoms with van der Waals surface area (Å²) in [5, 5.41) is 8.78. The highest BCUT2D eigenvalue weighted by molar-refractivity contribution is 5.69. The zero-order valence-electron chi connectivity index (χ0n) is 10.2. The normalized spacial score (nSPS) is 15.2. The maximum Gasteiger partial charge on any atom is 0.317 e. The number of aliphatic carboxylic acids is 1. The van der Waals surface area contributed by atoms with Gasteiger partial charge in [0.05, 0.1) is 6.54 Å². The van der Waals surface area contributed by atoms with Crippen molar-refractivity contribution in [2.45, 2.75) is 32.2 Å². The summed E-state index contributed by atoms with van der Waals surface area (Å²) < 4.78 is 0. The van der Waals surface area contributed by atoms with Crippen molar-refractivity contribution < 1.29 is 9.90 Å². The molecule has 0 heterocycles. The molecule has 0 aromatic heterocycles. The third kappa shape index (κ3) is 3.56. The van der Waals surface area contributed by atoms with Crippen LogP contribution in [-0.2, 0) is 11.3 Å². The van der Waals surface area contributed by atoms with Crippen LogP contribution in [0.2, 0.25) is 0 Å². The van der Waals surface area contributed by atoms with E-state index in [1.54, 1.807) is 0 Å². The molecule has 0 atom stereocenters. The highest BCUT2D eigenvalue weighted by atomic mass is 16.4. The van der Waals surface area contributed by atoms with Gasteiger partial charge in [-0.3, -0.25) is 9.69 Å². The van der Waals surface area contributed by atoms with Crippen molar-refractivity contribution in [3.05, 3.63) is 35.4 Å². The third-order valence-electron chi connectivity index (χ3n) is 3.24. The van der Waals surface area contributed by atoms with E-state index in [1.165, 1.54) is 24.0 Å². The highest BCUT2D eigenvalue weighted by Gasteiger charge is 2.22. The standard InChI is InChI=1S/C14H19NO2/c1-2-15(10-14(16)17)9-11-3-5-12(6-4-11)13-7-8-13/h3-6,13H,2,7-10H2,1H3,(H,16,17). The molecule has 17 heavy (non-hydrogen) atoms. The Bertz CT molecular complexity index is 382. The molecule has 0 amide bonds. The molecule has 2 rings (SSSR count). The molecule has 3 nitrogen and oxygen atoms in total. The van der Waals surface area contributed by atoms with Gasteiger partial charge in [0.2, 0.25) is 0 Å². The Balaban J connectivity index is 1.94. The Morgan fingerprint density at radius 1 is 1.35 bits per heavy atom. The van der Waals surface area contributed by atoms with Crippen molar-refractivity contribution in [3.63, 3.8) is 0 Å². The molecule has 1 aliphatic rings. The van der Waals surface area contributed by atoms with Gasteiger partial charge in [-0.2, -0.15) is 0 Å². The zero-order valence-corrected chi connectivity index (χ0v) is 10.2. The fourth-order valence-electron chi connectivity index (χ4n) is 2.04. The molecule has 0 unspecified atom stereocenters. The molecule has 1 saturated carbocycles. The van der Waals surface area contributed by atoms with Crippen LogP contribution in [0.25, 0.3) is 0 Å². The van der Waals surface area contributed by atoms with Crippen molar-refractivity contribution in [2.75, 3.05) is 13.1 Å². The lowest BCUT2D eigenvalue weighted by molar-refractivity contribution is -0.138. The predicted octanol–water partition coefficient (Wildman–Crippen LogP) is 2.47. The first-order valence-corrected chi connectivity index (χ1v) is 6.22. The van der Waals surface area contributed by atoms with E-state index in [9.17, 15) is 4.79 Å². The molecule has 0 spiro atoms. The number of hydrogen-bond acceptors (Lipinski definition) is 2. The van der Waals surface area contributed by atoms with E-state index in [0.717, 1.165) is 12.5 Å². The van der Waals surface area contributed by atoms with E-state index in [0.29, 0.717) is 6.54 Å². The average Bonchev–Trinajstić information content (AvgIpc) is 3.12. The van der Waals surface area contributed by atoms with Crippen molar-refractivity contribution in [1.82, 2.24) is 4.90 Å². The van der Waals surface area contributed by atoms with Crippen LogP contribution in [0, 0.1) is 0 Å². The molecule has 1 aromatic carbocycles. The van der Waals surface area contributed by atoms with Crippen LogP contribution in [0.15, 0.2) is 24.3 Å². The summed E-state index contributed by atoms with van der Waals surface area (Å²) in [4.78, 5) is 12.6. The molecule has 0 saturated heterocycles. The number of likely N-dealkylation sites (N-methyl/N-ethyl adjacent to an activating group) is 1. The van der Waals surface area contributed by atoms with Crippen LogP contribution < -0.4 is 0 Å². The Kier molecular flexibility index (Phi) is 3.79. The first-order chi connectivity index (χ1) is 8.19. The number of nitrogens with zero attached hydrogens (tertiary/aromatic N) is 1. The zero-order chi connectivity index (χ0) is 12.3. The van der Waals surface area contributed by atoms with Gasteiger partial charge in [0.25, 0.3) is 0 Å². The van der Waals surface area contributed by atoms with E-state index >= 15 is 0 Å². The van der Waals surface area contributed by atoms with Crippen molar-refractivity contribution in [3.8, 4) is 0 Å². The molecule has 92 valence electrons. The summed E-state index contributed by atoms with van der Waals surface area (Å²) in [5.74, 6) is 0.0202. The summed E-state index contributed by atoms with van der Waals surface area (Å²) in [6, 6.07) is 8.61. The molecule has 1 aromatic rings. The largest absolute Gasteiger partial charge is 0.480 e. The maximum atomic E-state index is 10.7. The Labute approximate surface area is 102 Å². The van der Waals surface area contributed by atoms with E-state index in [1.807, 2.05) is 11.8 Å². The van der Waals surface area contributed by atoms with Gasteiger partial charge in [-0.05, 0) is 36.4 Å². The second kappa shape index (κ2) is 5.32. The van der Waals surface area contributed by atoms with Gasteiger partial charge in [0, 0.05) is 6.54 Å². The van der Waals surface area contributed by atoms with Gasteiger partial charge in [0.15, 0.2) is 0 Å². The first-order valence-electron chi connectivity index (χ1n) is 6.22. The van der Waals surface area contributed by atoms with E-state index < -0.39 is 5.97 Å². The van der Waals surface area contributed by atoms with Crippen LogP contribution in [0.1, 0.15) is 36.8 Å². The summed E-state index contributed by atoms with van der Waals surface area (Å²) in [6.07, 6.45) is 2.64. The van der Waals surface area contributed by atoms with Crippen LogP contribution in [0.5, 0.6) is 0 Å². The summed E-state index contributed by atoms with van der Waals surface area (Å²) in [5.41, 5.74) is 2.62. The lowest BCUT2D eigenvalue weighted by Gasteiger charge is -2.18. The summed E-state index contributed by atoms with van der Waals surface area (Å²) >= 11 is 0.